The summed E-state index contributed by atoms with van der Waals surface area (Å²) in [6, 6.07) is 9.95. The lowest BCUT2D eigenvalue weighted by Crippen LogP contribution is -2.26. The molecule has 0 spiro atoms. The van der Waals surface area contributed by atoms with E-state index in [0.717, 1.165) is 11.1 Å². The predicted molar refractivity (Wildman–Crippen MR) is 88.5 cm³/mol. The molecule has 1 saturated heterocycles. The van der Waals surface area contributed by atoms with Crippen molar-refractivity contribution < 1.29 is 13.8 Å². The Morgan fingerprint density at radius 3 is 2.68 bits per heavy atom. The molecular weight excluding hydrogens is 320 g/mol. The Kier molecular flexibility index (Phi) is 3.83. The van der Waals surface area contributed by atoms with Crippen molar-refractivity contribution >= 4 is 5.91 Å². The number of hydrogen-bond acceptors (Lipinski definition) is 6. The molecule has 0 radical (unpaired) electrons. The molecule has 7 heteroatoms. The zero-order chi connectivity index (χ0) is 17.4. The first kappa shape index (κ1) is 15.6. The van der Waals surface area contributed by atoms with Gasteiger partial charge in [-0.3, -0.25) is 4.79 Å². The van der Waals surface area contributed by atoms with Crippen LogP contribution < -0.4 is 0 Å². The Morgan fingerprint density at radius 1 is 1.16 bits per heavy atom. The molecular formula is C18H18N4O3. The zero-order valence-electron chi connectivity index (χ0n) is 14.1. The van der Waals surface area contributed by atoms with E-state index in [0.29, 0.717) is 42.7 Å². The Bertz CT molecular complexity index is 881. The SMILES string of the molecule is Cc1noc(C)c1-c1noc(C2CCN(Cc3ccccc3)C2=O)n1. The molecule has 0 bridgehead atoms. The highest BCUT2D eigenvalue weighted by atomic mass is 16.5. The van der Waals surface area contributed by atoms with E-state index in [-0.39, 0.29) is 11.8 Å². The maximum Gasteiger partial charge on any atom is 0.239 e. The van der Waals surface area contributed by atoms with E-state index >= 15 is 0 Å². The van der Waals surface area contributed by atoms with Crippen molar-refractivity contribution in [2.45, 2.75) is 32.7 Å². The maximum absolute atomic E-state index is 12.7. The largest absolute Gasteiger partial charge is 0.361 e. The second-order valence-electron chi connectivity index (χ2n) is 6.24. The molecule has 3 heterocycles. The standard InChI is InChI=1S/C18H18N4O3/c1-11-15(12(2)24-20-11)16-19-17(25-21-16)14-8-9-22(18(14)23)10-13-6-4-3-5-7-13/h3-7,14H,8-10H2,1-2H3. The molecule has 1 fully saturated rings. The third-order valence-corrected chi connectivity index (χ3v) is 4.51. The third kappa shape index (κ3) is 2.82. The van der Waals surface area contributed by atoms with Gasteiger partial charge in [0.1, 0.15) is 11.7 Å². The summed E-state index contributed by atoms with van der Waals surface area (Å²) in [5.41, 5.74) is 2.54. The van der Waals surface area contributed by atoms with Crippen LogP contribution in [0.4, 0.5) is 0 Å². The van der Waals surface area contributed by atoms with E-state index in [1.54, 1.807) is 6.92 Å². The molecule has 1 amide bonds. The first-order valence-corrected chi connectivity index (χ1v) is 8.23. The summed E-state index contributed by atoms with van der Waals surface area (Å²) in [5, 5.41) is 7.91. The first-order valence-electron chi connectivity index (χ1n) is 8.23. The molecule has 25 heavy (non-hydrogen) atoms. The van der Waals surface area contributed by atoms with Crippen LogP contribution in [0.5, 0.6) is 0 Å². The fourth-order valence-corrected chi connectivity index (χ4v) is 3.21. The number of aryl methyl sites for hydroxylation is 2. The van der Waals surface area contributed by atoms with Gasteiger partial charge in [0.15, 0.2) is 0 Å². The van der Waals surface area contributed by atoms with Gasteiger partial charge in [0.05, 0.1) is 11.3 Å². The molecule has 1 unspecified atom stereocenters. The second-order valence-corrected chi connectivity index (χ2v) is 6.24. The average molecular weight is 338 g/mol. The number of benzene rings is 1. The molecule has 0 aliphatic carbocycles. The fourth-order valence-electron chi connectivity index (χ4n) is 3.21. The minimum absolute atomic E-state index is 0.0258. The predicted octanol–water partition coefficient (Wildman–Crippen LogP) is 2.86. The van der Waals surface area contributed by atoms with Crippen molar-refractivity contribution in [3.8, 4) is 11.4 Å². The van der Waals surface area contributed by atoms with Gasteiger partial charge in [-0.05, 0) is 25.8 Å². The highest BCUT2D eigenvalue weighted by Gasteiger charge is 2.37. The van der Waals surface area contributed by atoms with Gasteiger partial charge >= 0.3 is 0 Å². The Balaban J connectivity index is 1.53. The smallest absolute Gasteiger partial charge is 0.239 e. The number of rotatable bonds is 4. The van der Waals surface area contributed by atoms with Gasteiger partial charge in [-0.25, -0.2) is 0 Å². The van der Waals surface area contributed by atoms with Gasteiger partial charge in [0.2, 0.25) is 17.6 Å². The molecule has 0 N–H and O–H groups in total. The molecule has 1 atom stereocenters. The third-order valence-electron chi connectivity index (χ3n) is 4.51. The second kappa shape index (κ2) is 6.16. The van der Waals surface area contributed by atoms with E-state index < -0.39 is 0 Å². The number of nitrogens with zero attached hydrogens (tertiary/aromatic N) is 4. The molecule has 3 aromatic rings. The van der Waals surface area contributed by atoms with Gasteiger partial charge in [-0.15, -0.1) is 0 Å². The van der Waals surface area contributed by atoms with Crippen molar-refractivity contribution in [1.29, 1.82) is 0 Å². The Hall–Kier alpha value is -2.96. The fraction of sp³-hybridized carbons (Fsp3) is 0.333. The average Bonchev–Trinajstić information content (AvgIpc) is 3.30. The lowest BCUT2D eigenvalue weighted by atomic mass is 10.1. The number of carbonyl (C=O) groups excluding carboxylic acids is 1. The van der Waals surface area contributed by atoms with Crippen LogP contribution in [-0.4, -0.2) is 32.6 Å². The number of carbonyl (C=O) groups is 1. The van der Waals surface area contributed by atoms with Crippen LogP contribution in [0, 0.1) is 13.8 Å². The number of hydrogen-bond donors (Lipinski definition) is 0. The molecule has 1 aromatic carbocycles. The van der Waals surface area contributed by atoms with Crippen LogP contribution in [0.25, 0.3) is 11.4 Å². The molecule has 1 aliphatic heterocycles. The van der Waals surface area contributed by atoms with Gasteiger partial charge in [-0.2, -0.15) is 4.98 Å². The lowest BCUT2D eigenvalue weighted by molar-refractivity contribution is -0.129. The number of likely N-dealkylation sites (tertiary alicyclic amines) is 1. The quantitative estimate of drug-likeness (QED) is 0.727. The minimum Gasteiger partial charge on any atom is -0.361 e. The summed E-state index contributed by atoms with van der Waals surface area (Å²) >= 11 is 0. The maximum atomic E-state index is 12.7. The number of aromatic nitrogens is 3. The summed E-state index contributed by atoms with van der Waals surface area (Å²) in [6.45, 7) is 4.90. The summed E-state index contributed by atoms with van der Waals surface area (Å²) < 4.78 is 10.5. The Morgan fingerprint density at radius 2 is 1.96 bits per heavy atom. The van der Waals surface area contributed by atoms with E-state index in [2.05, 4.69) is 15.3 Å². The van der Waals surface area contributed by atoms with E-state index in [9.17, 15) is 4.79 Å². The number of amides is 1. The van der Waals surface area contributed by atoms with Crippen LogP contribution in [0.15, 0.2) is 39.4 Å². The molecule has 0 saturated carbocycles. The van der Waals surface area contributed by atoms with Crippen molar-refractivity contribution in [2.24, 2.45) is 0 Å². The summed E-state index contributed by atoms with van der Waals surface area (Å²) in [6.07, 6.45) is 0.675. The summed E-state index contributed by atoms with van der Waals surface area (Å²) in [4.78, 5) is 19.0. The molecule has 128 valence electrons. The van der Waals surface area contributed by atoms with Gasteiger partial charge in [0, 0.05) is 13.1 Å². The normalized spacial score (nSPS) is 17.4. The minimum atomic E-state index is -0.384. The lowest BCUT2D eigenvalue weighted by Gasteiger charge is -2.15. The van der Waals surface area contributed by atoms with E-state index in [1.807, 2.05) is 42.2 Å². The zero-order valence-corrected chi connectivity index (χ0v) is 14.1. The molecule has 2 aromatic heterocycles. The van der Waals surface area contributed by atoms with Crippen molar-refractivity contribution in [2.75, 3.05) is 6.54 Å². The van der Waals surface area contributed by atoms with Crippen LogP contribution >= 0.6 is 0 Å². The van der Waals surface area contributed by atoms with E-state index in [1.165, 1.54) is 0 Å². The van der Waals surface area contributed by atoms with Crippen LogP contribution in [0.2, 0.25) is 0 Å². The van der Waals surface area contributed by atoms with Crippen molar-refractivity contribution in [1.82, 2.24) is 20.2 Å². The highest BCUT2D eigenvalue weighted by Crippen LogP contribution is 2.31. The van der Waals surface area contributed by atoms with Crippen LogP contribution in [0.3, 0.4) is 0 Å². The van der Waals surface area contributed by atoms with Crippen molar-refractivity contribution in [3.63, 3.8) is 0 Å². The van der Waals surface area contributed by atoms with E-state index in [4.69, 9.17) is 9.05 Å². The summed E-state index contributed by atoms with van der Waals surface area (Å²) in [5.74, 6) is 1.05. The van der Waals surface area contributed by atoms with Gasteiger partial charge in [-0.1, -0.05) is 40.6 Å². The van der Waals surface area contributed by atoms with Crippen LogP contribution in [-0.2, 0) is 11.3 Å². The van der Waals surface area contributed by atoms with Crippen molar-refractivity contribution in [3.05, 3.63) is 53.2 Å². The Labute approximate surface area is 144 Å². The first-order chi connectivity index (χ1) is 12.1. The van der Waals surface area contributed by atoms with Crippen LogP contribution in [0.1, 0.15) is 35.2 Å². The summed E-state index contributed by atoms with van der Waals surface area (Å²) in [7, 11) is 0. The highest BCUT2D eigenvalue weighted by molar-refractivity contribution is 5.84. The molecule has 7 nitrogen and oxygen atoms in total. The topological polar surface area (TPSA) is 85.3 Å². The van der Waals surface area contributed by atoms with Gasteiger partial charge < -0.3 is 13.9 Å². The molecule has 4 rings (SSSR count). The van der Waals surface area contributed by atoms with Gasteiger partial charge in [0.25, 0.3) is 0 Å². The molecule has 1 aliphatic rings. The monoisotopic (exact) mass is 338 g/mol.